The first-order valence-corrected chi connectivity index (χ1v) is 11.4. The van der Waals surface area contributed by atoms with Crippen LogP contribution in [0.5, 0.6) is 0 Å². The SMILES string of the molecule is C[C@@H]1CCc2ncnc(N3CCN(C(=O)[C@@H]4CNC[C@H]4c4ccc(Cl)cc4F)CC3)c21. The average Bonchev–Trinajstić information content (AvgIpc) is 3.41. The van der Waals surface area contributed by atoms with Crippen LogP contribution in [0.2, 0.25) is 5.02 Å². The van der Waals surface area contributed by atoms with Gasteiger partial charge in [0.05, 0.1) is 5.92 Å². The van der Waals surface area contributed by atoms with Gasteiger partial charge >= 0.3 is 0 Å². The monoisotopic (exact) mass is 443 g/mol. The van der Waals surface area contributed by atoms with E-state index in [4.69, 9.17) is 11.6 Å². The number of fused-ring (bicyclic) bond motifs is 1. The van der Waals surface area contributed by atoms with Crippen LogP contribution in [0.4, 0.5) is 10.2 Å². The minimum atomic E-state index is -0.337. The Bertz CT molecular complexity index is 994. The molecule has 6 nitrogen and oxygen atoms in total. The summed E-state index contributed by atoms with van der Waals surface area (Å²) in [5, 5.41) is 3.65. The summed E-state index contributed by atoms with van der Waals surface area (Å²) in [6, 6.07) is 4.74. The van der Waals surface area contributed by atoms with E-state index in [1.54, 1.807) is 18.5 Å². The highest BCUT2D eigenvalue weighted by Gasteiger charge is 2.39. The number of benzene rings is 1. The zero-order chi connectivity index (χ0) is 21.5. The highest BCUT2D eigenvalue weighted by Crippen LogP contribution is 2.37. The molecule has 0 bridgehead atoms. The lowest BCUT2D eigenvalue weighted by Gasteiger charge is -2.38. The fraction of sp³-hybridized carbons (Fsp3) is 0.522. The molecule has 5 rings (SSSR count). The largest absolute Gasteiger partial charge is 0.353 e. The van der Waals surface area contributed by atoms with Gasteiger partial charge in [-0.2, -0.15) is 0 Å². The maximum absolute atomic E-state index is 14.5. The summed E-state index contributed by atoms with van der Waals surface area (Å²) in [6.07, 6.45) is 3.80. The fourth-order valence-electron chi connectivity index (χ4n) is 5.32. The molecule has 0 saturated carbocycles. The van der Waals surface area contributed by atoms with Gasteiger partial charge in [0.15, 0.2) is 0 Å². The van der Waals surface area contributed by atoms with E-state index in [2.05, 4.69) is 27.1 Å². The van der Waals surface area contributed by atoms with Crippen LogP contribution in [0.25, 0.3) is 0 Å². The number of rotatable bonds is 3. The molecule has 0 spiro atoms. The first-order chi connectivity index (χ1) is 15.0. The van der Waals surface area contributed by atoms with E-state index in [0.29, 0.717) is 42.7 Å². The van der Waals surface area contributed by atoms with Crippen LogP contribution in [0.15, 0.2) is 24.5 Å². The van der Waals surface area contributed by atoms with Crippen LogP contribution >= 0.6 is 11.6 Å². The van der Waals surface area contributed by atoms with Crippen LogP contribution in [-0.4, -0.2) is 60.0 Å². The Morgan fingerprint density at radius 1 is 1.19 bits per heavy atom. The predicted molar refractivity (Wildman–Crippen MR) is 118 cm³/mol. The van der Waals surface area contributed by atoms with E-state index >= 15 is 0 Å². The van der Waals surface area contributed by atoms with E-state index in [1.807, 2.05) is 4.90 Å². The Hall–Kier alpha value is -2.25. The quantitative estimate of drug-likeness (QED) is 0.790. The molecule has 0 unspecified atom stereocenters. The highest BCUT2D eigenvalue weighted by atomic mass is 35.5. The van der Waals surface area contributed by atoms with Crippen molar-refractivity contribution in [2.45, 2.75) is 31.6 Å². The number of nitrogens with one attached hydrogen (secondary N) is 1. The molecule has 2 saturated heterocycles. The number of nitrogens with zero attached hydrogens (tertiary/aromatic N) is 4. The van der Waals surface area contributed by atoms with Gasteiger partial charge < -0.3 is 15.1 Å². The maximum Gasteiger partial charge on any atom is 0.227 e. The molecule has 0 radical (unpaired) electrons. The van der Waals surface area contributed by atoms with Crippen molar-refractivity contribution >= 4 is 23.3 Å². The lowest BCUT2D eigenvalue weighted by atomic mass is 9.87. The van der Waals surface area contributed by atoms with Crippen LogP contribution in [0.1, 0.15) is 42.0 Å². The van der Waals surface area contributed by atoms with E-state index < -0.39 is 0 Å². The summed E-state index contributed by atoms with van der Waals surface area (Å²) in [5.74, 6) is 0.844. The number of amides is 1. The molecular formula is C23H27ClFN5O. The lowest BCUT2D eigenvalue weighted by Crippen LogP contribution is -2.51. The molecule has 2 fully saturated rings. The van der Waals surface area contributed by atoms with Gasteiger partial charge in [-0.1, -0.05) is 24.6 Å². The molecule has 3 aliphatic rings. The highest BCUT2D eigenvalue weighted by molar-refractivity contribution is 6.30. The van der Waals surface area contributed by atoms with Crippen molar-refractivity contribution < 1.29 is 9.18 Å². The summed E-state index contributed by atoms with van der Waals surface area (Å²) in [4.78, 5) is 26.6. The van der Waals surface area contributed by atoms with Gasteiger partial charge in [-0.05, 0) is 36.5 Å². The van der Waals surface area contributed by atoms with E-state index in [0.717, 1.165) is 31.7 Å². The number of hydrogen-bond acceptors (Lipinski definition) is 5. The zero-order valence-electron chi connectivity index (χ0n) is 17.7. The van der Waals surface area contributed by atoms with Crippen LogP contribution in [0.3, 0.4) is 0 Å². The number of piperazine rings is 1. The van der Waals surface area contributed by atoms with Gasteiger partial charge in [-0.15, -0.1) is 0 Å². The van der Waals surface area contributed by atoms with Crippen LogP contribution in [0, 0.1) is 11.7 Å². The number of aromatic nitrogens is 2. The molecule has 1 aliphatic carbocycles. The normalized spacial score (nSPS) is 25.7. The van der Waals surface area contributed by atoms with Crippen molar-refractivity contribution in [2.24, 2.45) is 5.92 Å². The smallest absolute Gasteiger partial charge is 0.227 e. The van der Waals surface area contributed by atoms with Gasteiger partial charge in [-0.3, -0.25) is 4.79 Å². The third kappa shape index (κ3) is 3.78. The summed E-state index contributed by atoms with van der Waals surface area (Å²) in [7, 11) is 0. The van der Waals surface area contributed by atoms with Crippen molar-refractivity contribution in [3.8, 4) is 0 Å². The standard InChI is InChI=1S/C23H27ClFN5O/c1-14-2-5-20-21(14)22(28-13-27-20)29-6-8-30(9-7-29)23(31)18-12-26-11-17(18)16-4-3-15(24)10-19(16)25/h3-4,10,13-14,17-18,26H,2,5-9,11-12H2,1H3/t14-,17+,18-/m1/s1. The summed E-state index contributed by atoms with van der Waals surface area (Å²) >= 11 is 5.91. The molecule has 1 aromatic carbocycles. The molecule has 2 aliphatic heterocycles. The average molecular weight is 444 g/mol. The molecule has 3 heterocycles. The van der Waals surface area contributed by atoms with E-state index in [-0.39, 0.29) is 23.6 Å². The van der Waals surface area contributed by atoms with Crippen LogP contribution < -0.4 is 10.2 Å². The number of hydrogen-bond donors (Lipinski definition) is 1. The van der Waals surface area contributed by atoms with Gasteiger partial charge in [0.2, 0.25) is 5.91 Å². The van der Waals surface area contributed by atoms with E-state index in [1.165, 1.54) is 17.3 Å². The minimum Gasteiger partial charge on any atom is -0.353 e. The third-order valence-corrected chi connectivity index (χ3v) is 7.27. The Labute approximate surface area is 186 Å². The van der Waals surface area contributed by atoms with E-state index in [9.17, 15) is 9.18 Å². The topological polar surface area (TPSA) is 61.4 Å². The second-order valence-corrected chi connectivity index (χ2v) is 9.28. The maximum atomic E-state index is 14.5. The molecular weight excluding hydrogens is 417 g/mol. The lowest BCUT2D eigenvalue weighted by molar-refractivity contribution is -0.135. The summed E-state index contributed by atoms with van der Waals surface area (Å²) < 4.78 is 14.5. The number of halogens is 2. The zero-order valence-corrected chi connectivity index (χ0v) is 18.4. The Morgan fingerprint density at radius 2 is 2.00 bits per heavy atom. The summed E-state index contributed by atoms with van der Waals surface area (Å²) in [5.41, 5.74) is 3.01. The molecule has 1 amide bonds. The van der Waals surface area contributed by atoms with Gasteiger partial charge in [0, 0.05) is 61.5 Å². The molecule has 1 N–H and O–H groups in total. The molecule has 2 aromatic rings. The number of carbonyl (C=O) groups excluding carboxylic acids is 1. The van der Waals surface area contributed by atoms with Crippen molar-refractivity contribution in [1.29, 1.82) is 0 Å². The fourth-order valence-corrected chi connectivity index (χ4v) is 5.47. The molecule has 8 heteroatoms. The van der Waals surface area contributed by atoms with Crippen molar-refractivity contribution in [3.63, 3.8) is 0 Å². The number of carbonyl (C=O) groups is 1. The van der Waals surface area contributed by atoms with Gasteiger partial charge in [0.25, 0.3) is 0 Å². The number of anilines is 1. The Morgan fingerprint density at radius 3 is 2.77 bits per heavy atom. The Balaban J connectivity index is 1.28. The van der Waals surface area contributed by atoms with Gasteiger partial charge in [-0.25, -0.2) is 14.4 Å². The molecule has 164 valence electrons. The van der Waals surface area contributed by atoms with Gasteiger partial charge in [0.1, 0.15) is 18.0 Å². The molecule has 3 atom stereocenters. The third-order valence-electron chi connectivity index (χ3n) is 7.04. The molecule has 31 heavy (non-hydrogen) atoms. The second-order valence-electron chi connectivity index (χ2n) is 8.85. The van der Waals surface area contributed by atoms with Crippen LogP contribution in [-0.2, 0) is 11.2 Å². The number of aryl methyl sites for hydroxylation is 1. The predicted octanol–water partition coefficient (Wildman–Crippen LogP) is 2.97. The first kappa shape index (κ1) is 20.6. The second kappa shape index (κ2) is 8.36. The van der Waals surface area contributed by atoms with Crippen molar-refractivity contribution in [3.05, 3.63) is 52.2 Å². The van der Waals surface area contributed by atoms with Crippen molar-refractivity contribution in [1.82, 2.24) is 20.2 Å². The van der Waals surface area contributed by atoms with Crippen molar-refractivity contribution in [2.75, 3.05) is 44.2 Å². The summed E-state index contributed by atoms with van der Waals surface area (Å²) in [6.45, 7) is 6.21. The first-order valence-electron chi connectivity index (χ1n) is 11.1. The molecule has 1 aromatic heterocycles. The minimum absolute atomic E-state index is 0.102. The Kier molecular flexibility index (Phi) is 5.56.